The Bertz CT molecular complexity index is 361. The molecule has 0 fully saturated rings. The van der Waals surface area contributed by atoms with Gasteiger partial charge in [-0.3, -0.25) is 0 Å². The zero-order valence-electron chi connectivity index (χ0n) is 9.55. The molecule has 1 aromatic carbocycles. The van der Waals surface area contributed by atoms with E-state index in [1.54, 1.807) is 7.11 Å². The minimum atomic E-state index is 0.130. The maximum atomic E-state index is 5.22. The summed E-state index contributed by atoms with van der Waals surface area (Å²) in [5, 5.41) is 6.94. The summed E-state index contributed by atoms with van der Waals surface area (Å²) in [6, 6.07) is 6.07. The van der Waals surface area contributed by atoms with Crippen molar-refractivity contribution in [2.24, 2.45) is 0 Å². The second kappa shape index (κ2) is 3.65. The quantitative estimate of drug-likeness (QED) is 0.741. The van der Waals surface area contributed by atoms with Gasteiger partial charge in [0.05, 0.1) is 18.5 Å². The third-order valence-corrected chi connectivity index (χ3v) is 2.77. The molecular formula is C12H18N2O. The summed E-state index contributed by atoms with van der Waals surface area (Å²) < 4.78 is 5.22. The molecule has 0 unspecified atom stereocenters. The Morgan fingerprint density at radius 3 is 2.80 bits per heavy atom. The number of benzene rings is 1. The van der Waals surface area contributed by atoms with Gasteiger partial charge in [0, 0.05) is 18.2 Å². The number of anilines is 2. The molecule has 0 radical (unpaired) electrons. The van der Waals surface area contributed by atoms with Crippen molar-refractivity contribution in [2.45, 2.75) is 25.8 Å². The molecule has 0 atom stereocenters. The number of ether oxygens (including phenoxy) is 1. The Labute approximate surface area is 90.8 Å². The Hall–Kier alpha value is -1.38. The van der Waals surface area contributed by atoms with Crippen molar-refractivity contribution in [3.8, 4) is 5.75 Å². The molecule has 0 saturated carbocycles. The van der Waals surface area contributed by atoms with E-state index in [0.29, 0.717) is 0 Å². The molecule has 0 aromatic heterocycles. The molecule has 1 aromatic rings. The smallest absolute Gasteiger partial charge is 0.121 e. The van der Waals surface area contributed by atoms with E-state index >= 15 is 0 Å². The first-order valence-corrected chi connectivity index (χ1v) is 5.31. The first-order chi connectivity index (χ1) is 7.11. The molecule has 3 nitrogen and oxygen atoms in total. The average Bonchev–Trinajstić information content (AvgIpc) is 2.33. The normalized spacial score (nSPS) is 18.1. The summed E-state index contributed by atoms with van der Waals surface area (Å²) in [4.78, 5) is 0. The van der Waals surface area contributed by atoms with Crippen molar-refractivity contribution in [3.05, 3.63) is 18.2 Å². The molecule has 82 valence electrons. The van der Waals surface area contributed by atoms with Crippen molar-refractivity contribution < 1.29 is 4.74 Å². The molecule has 0 spiro atoms. The van der Waals surface area contributed by atoms with Crippen LogP contribution in [0.25, 0.3) is 0 Å². The summed E-state index contributed by atoms with van der Waals surface area (Å²) >= 11 is 0. The Morgan fingerprint density at radius 1 is 1.27 bits per heavy atom. The highest BCUT2D eigenvalue weighted by molar-refractivity contribution is 5.72. The van der Waals surface area contributed by atoms with Gasteiger partial charge in [0.1, 0.15) is 5.75 Å². The van der Waals surface area contributed by atoms with Crippen LogP contribution in [0.15, 0.2) is 18.2 Å². The molecular weight excluding hydrogens is 188 g/mol. The van der Waals surface area contributed by atoms with E-state index in [1.165, 1.54) is 0 Å². The molecule has 1 heterocycles. The predicted octanol–water partition coefficient (Wildman–Crippen LogP) is 2.70. The molecule has 3 heteroatoms. The standard InChI is InChI=1S/C12H18N2O/c1-12(2)6-7-13-10-5-4-9(15-3)8-11(10)14-12/h4-5,8,13-14H,6-7H2,1-3H3. The topological polar surface area (TPSA) is 33.3 Å². The van der Waals surface area contributed by atoms with Crippen LogP contribution in [0.2, 0.25) is 0 Å². The van der Waals surface area contributed by atoms with Crippen LogP contribution in [0, 0.1) is 0 Å². The van der Waals surface area contributed by atoms with Gasteiger partial charge in [-0.25, -0.2) is 0 Å². The third kappa shape index (κ3) is 2.17. The van der Waals surface area contributed by atoms with E-state index in [1.807, 2.05) is 12.1 Å². The summed E-state index contributed by atoms with van der Waals surface area (Å²) in [5.74, 6) is 0.890. The van der Waals surface area contributed by atoms with Gasteiger partial charge in [-0.05, 0) is 32.4 Å². The lowest BCUT2D eigenvalue weighted by Gasteiger charge is -2.25. The highest BCUT2D eigenvalue weighted by Crippen LogP contribution is 2.32. The fourth-order valence-corrected chi connectivity index (χ4v) is 1.84. The highest BCUT2D eigenvalue weighted by Gasteiger charge is 2.21. The maximum absolute atomic E-state index is 5.22. The molecule has 1 aliphatic rings. The fourth-order valence-electron chi connectivity index (χ4n) is 1.84. The molecule has 0 aliphatic carbocycles. The van der Waals surface area contributed by atoms with E-state index < -0.39 is 0 Å². The molecule has 1 aliphatic heterocycles. The van der Waals surface area contributed by atoms with Gasteiger partial charge in [0.15, 0.2) is 0 Å². The Morgan fingerprint density at radius 2 is 2.07 bits per heavy atom. The number of hydrogen-bond donors (Lipinski definition) is 2. The summed E-state index contributed by atoms with van der Waals surface area (Å²) in [5.41, 5.74) is 2.41. The fraction of sp³-hybridized carbons (Fsp3) is 0.500. The SMILES string of the molecule is COc1ccc2c(c1)NC(C)(C)CCN2. The number of hydrogen-bond acceptors (Lipinski definition) is 3. The monoisotopic (exact) mass is 206 g/mol. The van der Waals surface area contributed by atoms with Crippen LogP contribution in [-0.2, 0) is 0 Å². The van der Waals surface area contributed by atoms with Crippen LogP contribution >= 0.6 is 0 Å². The third-order valence-electron chi connectivity index (χ3n) is 2.77. The lowest BCUT2D eigenvalue weighted by atomic mass is 10.0. The van der Waals surface area contributed by atoms with E-state index in [9.17, 15) is 0 Å². The van der Waals surface area contributed by atoms with Crippen molar-refractivity contribution in [1.82, 2.24) is 0 Å². The number of rotatable bonds is 1. The Balaban J connectivity index is 2.36. The second-order valence-electron chi connectivity index (χ2n) is 4.60. The Kier molecular flexibility index (Phi) is 2.47. The maximum Gasteiger partial charge on any atom is 0.121 e. The number of fused-ring (bicyclic) bond motifs is 1. The van der Waals surface area contributed by atoms with Crippen LogP contribution < -0.4 is 15.4 Å². The van der Waals surface area contributed by atoms with E-state index in [-0.39, 0.29) is 5.54 Å². The first-order valence-electron chi connectivity index (χ1n) is 5.31. The lowest BCUT2D eigenvalue weighted by molar-refractivity contribution is 0.415. The van der Waals surface area contributed by atoms with Crippen LogP contribution in [0.3, 0.4) is 0 Å². The highest BCUT2D eigenvalue weighted by atomic mass is 16.5. The van der Waals surface area contributed by atoms with Crippen LogP contribution in [0.5, 0.6) is 5.75 Å². The van der Waals surface area contributed by atoms with E-state index in [2.05, 4.69) is 30.5 Å². The number of nitrogens with one attached hydrogen (secondary N) is 2. The van der Waals surface area contributed by atoms with Gasteiger partial charge in [0.25, 0.3) is 0 Å². The minimum Gasteiger partial charge on any atom is -0.497 e. The average molecular weight is 206 g/mol. The molecule has 0 saturated heterocycles. The van der Waals surface area contributed by atoms with Gasteiger partial charge in [-0.1, -0.05) is 0 Å². The van der Waals surface area contributed by atoms with Gasteiger partial charge in [-0.15, -0.1) is 0 Å². The molecule has 2 N–H and O–H groups in total. The zero-order valence-corrected chi connectivity index (χ0v) is 9.55. The van der Waals surface area contributed by atoms with Crippen molar-refractivity contribution >= 4 is 11.4 Å². The predicted molar refractivity (Wildman–Crippen MR) is 63.8 cm³/mol. The van der Waals surface area contributed by atoms with Gasteiger partial charge < -0.3 is 15.4 Å². The van der Waals surface area contributed by atoms with Gasteiger partial charge in [-0.2, -0.15) is 0 Å². The van der Waals surface area contributed by atoms with Gasteiger partial charge in [0.2, 0.25) is 0 Å². The summed E-state index contributed by atoms with van der Waals surface area (Å²) in [6.45, 7) is 5.42. The first kappa shape index (κ1) is 10.1. The second-order valence-corrected chi connectivity index (χ2v) is 4.60. The van der Waals surface area contributed by atoms with Gasteiger partial charge >= 0.3 is 0 Å². The lowest BCUT2D eigenvalue weighted by Crippen LogP contribution is -2.30. The van der Waals surface area contributed by atoms with Crippen molar-refractivity contribution in [2.75, 3.05) is 24.3 Å². The van der Waals surface area contributed by atoms with Crippen LogP contribution in [0.1, 0.15) is 20.3 Å². The largest absolute Gasteiger partial charge is 0.497 e. The summed E-state index contributed by atoms with van der Waals surface area (Å²) in [7, 11) is 1.69. The van der Waals surface area contributed by atoms with E-state index in [0.717, 1.165) is 30.1 Å². The van der Waals surface area contributed by atoms with Crippen LogP contribution in [0.4, 0.5) is 11.4 Å². The molecule has 15 heavy (non-hydrogen) atoms. The number of methoxy groups -OCH3 is 1. The van der Waals surface area contributed by atoms with Crippen molar-refractivity contribution in [3.63, 3.8) is 0 Å². The van der Waals surface area contributed by atoms with E-state index in [4.69, 9.17) is 4.74 Å². The zero-order chi connectivity index (χ0) is 10.9. The molecule has 0 amide bonds. The van der Waals surface area contributed by atoms with Crippen LogP contribution in [-0.4, -0.2) is 19.2 Å². The molecule has 2 rings (SSSR count). The minimum absolute atomic E-state index is 0.130. The van der Waals surface area contributed by atoms with Crippen molar-refractivity contribution in [1.29, 1.82) is 0 Å². The summed E-state index contributed by atoms with van der Waals surface area (Å²) in [6.07, 6.45) is 1.10. The molecule has 0 bridgehead atoms.